The summed E-state index contributed by atoms with van der Waals surface area (Å²) in [5, 5.41) is 5.47. The summed E-state index contributed by atoms with van der Waals surface area (Å²) < 4.78 is 0. The van der Waals surface area contributed by atoms with Crippen LogP contribution in [0.1, 0.15) is 40.0 Å². The molecule has 0 radical (unpaired) electrons. The molecule has 0 fully saturated rings. The molecule has 0 saturated carbocycles. The number of amides is 3. The minimum Gasteiger partial charge on any atom is -0.351 e. The second-order valence-corrected chi connectivity index (χ2v) is 5.61. The number of nitrogens with two attached hydrogens (primary N) is 1. The maximum Gasteiger partial charge on any atom is 0.316 e. The monoisotopic (exact) mass is 311 g/mol. The van der Waals surface area contributed by atoms with Gasteiger partial charge in [-0.25, -0.2) is 4.79 Å². The molecule has 0 heterocycles. The van der Waals surface area contributed by atoms with Gasteiger partial charge in [0, 0.05) is 11.3 Å². The Morgan fingerprint density at radius 3 is 2.22 bits per heavy atom. The number of primary amides is 1. The van der Waals surface area contributed by atoms with Gasteiger partial charge in [-0.1, -0.05) is 18.2 Å². The van der Waals surface area contributed by atoms with Crippen molar-refractivity contribution in [1.82, 2.24) is 5.32 Å². The number of nitrogens with one attached hydrogen (secondary N) is 2. The van der Waals surface area contributed by atoms with Crippen LogP contribution in [-0.2, 0) is 0 Å². The van der Waals surface area contributed by atoms with Crippen molar-refractivity contribution in [3.63, 3.8) is 0 Å². The van der Waals surface area contributed by atoms with E-state index in [0.717, 1.165) is 16.7 Å². The second-order valence-electron chi connectivity index (χ2n) is 5.61. The zero-order valence-corrected chi connectivity index (χ0v) is 13.5. The zero-order valence-electron chi connectivity index (χ0n) is 13.5. The standard InChI is InChI=1S/C18H21N3O2/c1-11-4-5-15(10-12(11)2)17(22)20-13(3)14-6-8-16(9-7-14)21-18(19)23/h4-10,13H,1-3H3,(H,20,22)(H3,19,21,23)/t13-/m1/s1. The molecule has 1 atom stereocenters. The molecule has 0 bridgehead atoms. The van der Waals surface area contributed by atoms with E-state index in [0.29, 0.717) is 11.3 Å². The van der Waals surface area contributed by atoms with Crippen LogP contribution in [0.4, 0.5) is 10.5 Å². The third kappa shape index (κ3) is 4.32. The summed E-state index contributed by atoms with van der Waals surface area (Å²) in [5.74, 6) is -0.111. The van der Waals surface area contributed by atoms with Crippen LogP contribution in [-0.4, -0.2) is 11.9 Å². The molecule has 5 nitrogen and oxygen atoms in total. The van der Waals surface area contributed by atoms with E-state index in [1.54, 1.807) is 12.1 Å². The third-order valence-corrected chi connectivity index (χ3v) is 3.79. The van der Waals surface area contributed by atoms with Crippen molar-refractivity contribution in [2.45, 2.75) is 26.8 Å². The number of carbonyl (C=O) groups excluding carboxylic acids is 2. The average Bonchev–Trinajstić information content (AvgIpc) is 2.50. The van der Waals surface area contributed by atoms with Crippen LogP contribution < -0.4 is 16.4 Å². The van der Waals surface area contributed by atoms with Crippen LogP contribution in [0.15, 0.2) is 42.5 Å². The summed E-state index contributed by atoms with van der Waals surface area (Å²) in [6.07, 6.45) is 0. The Labute approximate surface area is 135 Å². The van der Waals surface area contributed by atoms with E-state index < -0.39 is 6.03 Å². The summed E-state index contributed by atoms with van der Waals surface area (Å²) >= 11 is 0. The lowest BCUT2D eigenvalue weighted by atomic mass is 10.0. The fourth-order valence-electron chi connectivity index (χ4n) is 2.24. The molecule has 0 aliphatic heterocycles. The maximum atomic E-state index is 12.3. The first-order chi connectivity index (χ1) is 10.9. The van der Waals surface area contributed by atoms with E-state index in [-0.39, 0.29) is 11.9 Å². The van der Waals surface area contributed by atoms with Crippen LogP contribution >= 0.6 is 0 Å². The number of benzene rings is 2. The maximum absolute atomic E-state index is 12.3. The number of hydrogen-bond acceptors (Lipinski definition) is 2. The van der Waals surface area contributed by atoms with E-state index in [1.165, 1.54) is 0 Å². The van der Waals surface area contributed by atoms with Crippen LogP contribution in [0, 0.1) is 13.8 Å². The molecule has 0 aliphatic carbocycles. The Kier molecular flexibility index (Phi) is 5.01. The number of aryl methyl sites for hydroxylation is 2. The number of hydrogen-bond donors (Lipinski definition) is 3. The number of anilines is 1. The van der Waals surface area contributed by atoms with Crippen molar-refractivity contribution >= 4 is 17.6 Å². The number of urea groups is 1. The van der Waals surface area contributed by atoms with Crippen molar-refractivity contribution in [3.8, 4) is 0 Å². The fraction of sp³-hybridized carbons (Fsp3) is 0.222. The summed E-state index contributed by atoms with van der Waals surface area (Å²) in [6, 6.07) is 12.1. The molecule has 5 heteroatoms. The van der Waals surface area contributed by atoms with Gasteiger partial charge in [-0.2, -0.15) is 0 Å². The van der Waals surface area contributed by atoms with Gasteiger partial charge in [-0.3, -0.25) is 4.79 Å². The van der Waals surface area contributed by atoms with Gasteiger partial charge in [0.25, 0.3) is 5.91 Å². The molecule has 3 amide bonds. The molecule has 2 aromatic rings. The molecule has 2 aromatic carbocycles. The first-order valence-corrected chi connectivity index (χ1v) is 7.41. The van der Waals surface area contributed by atoms with Crippen molar-refractivity contribution in [2.75, 3.05) is 5.32 Å². The Morgan fingerprint density at radius 2 is 1.65 bits per heavy atom. The molecule has 4 N–H and O–H groups in total. The third-order valence-electron chi connectivity index (χ3n) is 3.79. The lowest BCUT2D eigenvalue weighted by molar-refractivity contribution is 0.0940. The molecule has 23 heavy (non-hydrogen) atoms. The van der Waals surface area contributed by atoms with E-state index in [2.05, 4.69) is 10.6 Å². The van der Waals surface area contributed by atoms with Gasteiger partial charge < -0.3 is 16.4 Å². The molecule has 2 rings (SSSR count). The van der Waals surface area contributed by atoms with E-state index in [1.807, 2.05) is 51.1 Å². The largest absolute Gasteiger partial charge is 0.351 e. The van der Waals surface area contributed by atoms with Crippen molar-refractivity contribution in [1.29, 1.82) is 0 Å². The smallest absolute Gasteiger partial charge is 0.316 e. The topological polar surface area (TPSA) is 84.2 Å². The normalized spacial score (nSPS) is 11.6. The van der Waals surface area contributed by atoms with Gasteiger partial charge in [0.1, 0.15) is 0 Å². The first kappa shape index (κ1) is 16.5. The highest BCUT2D eigenvalue weighted by Crippen LogP contribution is 2.17. The molecule has 0 spiro atoms. The fourth-order valence-corrected chi connectivity index (χ4v) is 2.24. The summed E-state index contributed by atoms with van der Waals surface area (Å²) in [7, 11) is 0. The van der Waals surface area contributed by atoms with Gasteiger partial charge in [0.15, 0.2) is 0 Å². The minimum atomic E-state index is -0.603. The molecule has 120 valence electrons. The molecule has 0 saturated heterocycles. The molecule has 0 unspecified atom stereocenters. The quantitative estimate of drug-likeness (QED) is 0.809. The molecular weight excluding hydrogens is 290 g/mol. The highest BCUT2D eigenvalue weighted by atomic mass is 16.2. The Hall–Kier alpha value is -2.82. The van der Waals surface area contributed by atoms with Crippen LogP contribution in [0.2, 0.25) is 0 Å². The first-order valence-electron chi connectivity index (χ1n) is 7.41. The van der Waals surface area contributed by atoms with Gasteiger partial charge in [0.2, 0.25) is 0 Å². The van der Waals surface area contributed by atoms with E-state index in [4.69, 9.17) is 5.73 Å². The predicted octanol–water partition coefficient (Wildman–Crippen LogP) is 3.29. The average molecular weight is 311 g/mol. The van der Waals surface area contributed by atoms with E-state index in [9.17, 15) is 9.59 Å². The molecule has 0 aliphatic rings. The molecular formula is C18H21N3O2. The van der Waals surface area contributed by atoms with Crippen molar-refractivity contribution in [2.24, 2.45) is 5.73 Å². The minimum absolute atomic E-state index is 0.111. The molecule has 0 aromatic heterocycles. The Morgan fingerprint density at radius 1 is 1.00 bits per heavy atom. The predicted molar refractivity (Wildman–Crippen MR) is 91.4 cm³/mol. The highest BCUT2D eigenvalue weighted by molar-refractivity contribution is 5.94. The zero-order chi connectivity index (χ0) is 17.0. The van der Waals surface area contributed by atoms with Gasteiger partial charge in [-0.05, 0) is 61.7 Å². The number of carbonyl (C=O) groups is 2. The lowest BCUT2D eigenvalue weighted by Gasteiger charge is -2.15. The van der Waals surface area contributed by atoms with Gasteiger partial charge in [-0.15, -0.1) is 0 Å². The summed E-state index contributed by atoms with van der Waals surface area (Å²) in [6.45, 7) is 5.91. The SMILES string of the molecule is Cc1ccc(C(=O)N[C@H](C)c2ccc(NC(N)=O)cc2)cc1C. The van der Waals surface area contributed by atoms with E-state index >= 15 is 0 Å². The lowest BCUT2D eigenvalue weighted by Crippen LogP contribution is -2.26. The van der Waals surface area contributed by atoms with Crippen LogP contribution in [0.5, 0.6) is 0 Å². The van der Waals surface area contributed by atoms with Crippen LogP contribution in [0.3, 0.4) is 0 Å². The van der Waals surface area contributed by atoms with Crippen molar-refractivity contribution < 1.29 is 9.59 Å². The summed E-state index contributed by atoms with van der Waals surface area (Å²) in [5.41, 5.74) is 9.52. The highest BCUT2D eigenvalue weighted by Gasteiger charge is 2.12. The van der Waals surface area contributed by atoms with Crippen molar-refractivity contribution in [3.05, 3.63) is 64.7 Å². The Balaban J connectivity index is 2.05. The van der Waals surface area contributed by atoms with Gasteiger partial charge >= 0.3 is 6.03 Å². The second kappa shape index (κ2) is 6.96. The van der Waals surface area contributed by atoms with Gasteiger partial charge in [0.05, 0.1) is 6.04 Å². The number of rotatable bonds is 4. The summed E-state index contributed by atoms with van der Waals surface area (Å²) in [4.78, 5) is 23.1. The Bertz CT molecular complexity index is 724. The van der Waals surface area contributed by atoms with Crippen LogP contribution in [0.25, 0.3) is 0 Å².